The van der Waals surface area contributed by atoms with E-state index in [1.807, 2.05) is 0 Å². The van der Waals surface area contributed by atoms with Gasteiger partial charge >= 0.3 is 12.1 Å². The highest BCUT2D eigenvalue weighted by molar-refractivity contribution is 5.96. The van der Waals surface area contributed by atoms with Crippen molar-refractivity contribution >= 4 is 23.6 Å². The monoisotopic (exact) mass is 411 g/mol. The van der Waals surface area contributed by atoms with Gasteiger partial charge in [-0.2, -0.15) is 13.2 Å². The maximum absolute atomic E-state index is 13.6. The minimum absolute atomic E-state index is 0.0540. The average Bonchev–Trinajstić information content (AvgIpc) is 2.66. The number of hydrogen-bond acceptors (Lipinski definition) is 4. The van der Waals surface area contributed by atoms with Gasteiger partial charge in [0.1, 0.15) is 0 Å². The van der Waals surface area contributed by atoms with Crippen molar-refractivity contribution in [2.45, 2.75) is 19.2 Å². The van der Waals surface area contributed by atoms with Crippen molar-refractivity contribution < 1.29 is 36.6 Å². The summed E-state index contributed by atoms with van der Waals surface area (Å²) in [5.41, 5.74) is -0.354. The number of nitrogens with one attached hydrogen (secondary N) is 1. The number of carbonyl (C=O) groups excluding carboxylic acids is 2. The molecule has 0 unspecified atom stereocenters. The molecule has 0 spiro atoms. The highest BCUT2D eigenvalue weighted by Crippen LogP contribution is 2.29. The molecule has 0 saturated carbocycles. The van der Waals surface area contributed by atoms with E-state index in [2.05, 4.69) is 5.32 Å². The third-order valence-corrected chi connectivity index (χ3v) is 3.73. The molecule has 0 radical (unpaired) electrons. The number of halogens is 4. The second-order valence-corrected chi connectivity index (χ2v) is 5.87. The van der Waals surface area contributed by atoms with E-state index in [0.29, 0.717) is 5.56 Å². The fourth-order valence-electron chi connectivity index (χ4n) is 2.20. The lowest BCUT2D eigenvalue weighted by Gasteiger charge is -2.13. The van der Waals surface area contributed by atoms with Crippen LogP contribution in [-0.4, -0.2) is 25.1 Å². The Morgan fingerprint density at radius 3 is 2.31 bits per heavy atom. The predicted molar refractivity (Wildman–Crippen MR) is 97.6 cm³/mol. The van der Waals surface area contributed by atoms with Crippen LogP contribution in [0.15, 0.2) is 48.5 Å². The second-order valence-electron chi connectivity index (χ2n) is 5.87. The number of amides is 1. The molecule has 0 fully saturated rings. The molecular formula is C20H17F4NO4. The van der Waals surface area contributed by atoms with E-state index in [0.717, 1.165) is 36.4 Å². The van der Waals surface area contributed by atoms with Gasteiger partial charge in [0.2, 0.25) is 0 Å². The molecule has 0 aliphatic heterocycles. The Morgan fingerprint density at radius 1 is 1.10 bits per heavy atom. The van der Waals surface area contributed by atoms with Crippen LogP contribution in [0.2, 0.25) is 0 Å². The molecule has 2 aromatic rings. The molecule has 5 nitrogen and oxygen atoms in total. The van der Waals surface area contributed by atoms with Crippen LogP contribution >= 0.6 is 0 Å². The second kappa shape index (κ2) is 9.22. The van der Waals surface area contributed by atoms with E-state index in [-0.39, 0.29) is 11.4 Å². The van der Waals surface area contributed by atoms with E-state index in [1.165, 1.54) is 32.2 Å². The number of rotatable bonds is 6. The fraction of sp³-hybridized carbons (Fsp3) is 0.200. The van der Waals surface area contributed by atoms with Gasteiger partial charge in [0, 0.05) is 11.8 Å². The van der Waals surface area contributed by atoms with Crippen molar-refractivity contribution in [3.63, 3.8) is 0 Å². The van der Waals surface area contributed by atoms with Crippen LogP contribution in [0.25, 0.3) is 6.08 Å². The van der Waals surface area contributed by atoms with Gasteiger partial charge in [0.05, 0.1) is 12.7 Å². The number of alkyl halides is 3. The minimum Gasteiger partial charge on any atom is -0.494 e. The molecule has 1 atom stereocenters. The Bertz CT molecular complexity index is 908. The zero-order valence-electron chi connectivity index (χ0n) is 15.4. The summed E-state index contributed by atoms with van der Waals surface area (Å²) in [6.45, 7) is 1.30. The Kier molecular flexibility index (Phi) is 6.98. The molecule has 0 aliphatic rings. The first kappa shape index (κ1) is 21.9. The standard InChI is InChI=1S/C20H17F4NO4/c1-12(19(27)25-15-7-5-14(6-8-15)20(22,23)24)29-18(26)10-4-13-3-9-17(28-2)16(21)11-13/h3-12H,1-2H3,(H,25,27)/b10-4+/t12-/m1/s1. The van der Waals surface area contributed by atoms with Crippen molar-refractivity contribution in [3.8, 4) is 5.75 Å². The summed E-state index contributed by atoms with van der Waals surface area (Å²) in [6.07, 6.45) is -3.37. The van der Waals surface area contributed by atoms with Crippen LogP contribution in [0.5, 0.6) is 5.75 Å². The number of carbonyl (C=O) groups is 2. The Balaban J connectivity index is 1.91. The van der Waals surface area contributed by atoms with Crippen molar-refractivity contribution in [1.29, 1.82) is 0 Å². The van der Waals surface area contributed by atoms with Gasteiger partial charge in [-0.3, -0.25) is 4.79 Å². The zero-order chi connectivity index (χ0) is 21.6. The fourth-order valence-corrected chi connectivity index (χ4v) is 2.20. The van der Waals surface area contributed by atoms with Crippen molar-refractivity contribution in [1.82, 2.24) is 0 Å². The summed E-state index contributed by atoms with van der Waals surface area (Å²) in [6, 6.07) is 7.89. The smallest absolute Gasteiger partial charge is 0.416 e. The first-order valence-electron chi connectivity index (χ1n) is 8.30. The lowest BCUT2D eigenvalue weighted by atomic mass is 10.2. The van der Waals surface area contributed by atoms with Crippen LogP contribution in [0, 0.1) is 5.82 Å². The van der Waals surface area contributed by atoms with Gasteiger partial charge in [0.25, 0.3) is 5.91 Å². The van der Waals surface area contributed by atoms with Gasteiger partial charge in [-0.25, -0.2) is 9.18 Å². The summed E-state index contributed by atoms with van der Waals surface area (Å²) < 4.78 is 60.9. The molecule has 9 heteroatoms. The third kappa shape index (κ3) is 6.34. The molecule has 1 amide bonds. The van der Waals surface area contributed by atoms with Crippen LogP contribution in [0.3, 0.4) is 0 Å². The summed E-state index contributed by atoms with van der Waals surface area (Å²) >= 11 is 0. The van der Waals surface area contributed by atoms with Gasteiger partial charge in [-0.1, -0.05) is 6.07 Å². The maximum atomic E-state index is 13.6. The minimum atomic E-state index is -4.48. The molecule has 0 saturated heterocycles. The Morgan fingerprint density at radius 2 is 1.76 bits per heavy atom. The van der Waals surface area contributed by atoms with Crippen molar-refractivity contribution in [2.75, 3.05) is 12.4 Å². The van der Waals surface area contributed by atoms with E-state index in [1.54, 1.807) is 0 Å². The Labute approximate surface area is 163 Å². The lowest BCUT2D eigenvalue weighted by Crippen LogP contribution is -2.29. The van der Waals surface area contributed by atoms with Gasteiger partial charge in [-0.05, 0) is 55.0 Å². The van der Waals surface area contributed by atoms with Crippen molar-refractivity contribution in [2.24, 2.45) is 0 Å². The molecule has 154 valence electrons. The van der Waals surface area contributed by atoms with E-state index in [9.17, 15) is 27.2 Å². The topological polar surface area (TPSA) is 64.6 Å². The van der Waals surface area contributed by atoms with Gasteiger partial charge in [0.15, 0.2) is 17.7 Å². The number of anilines is 1. The quantitative estimate of drug-likeness (QED) is 0.434. The summed E-state index contributed by atoms with van der Waals surface area (Å²) in [4.78, 5) is 23.8. The number of hydrogen-bond donors (Lipinski definition) is 1. The summed E-state index contributed by atoms with van der Waals surface area (Å²) in [5.74, 6) is -2.12. The van der Waals surface area contributed by atoms with Crippen LogP contribution in [0.1, 0.15) is 18.1 Å². The van der Waals surface area contributed by atoms with Crippen molar-refractivity contribution in [3.05, 3.63) is 65.5 Å². The number of esters is 1. The number of ether oxygens (including phenoxy) is 2. The SMILES string of the molecule is COc1ccc(/C=C/C(=O)O[C@H](C)C(=O)Nc2ccc(C(F)(F)F)cc2)cc1F. The average molecular weight is 411 g/mol. The Hall–Kier alpha value is -3.36. The summed E-state index contributed by atoms with van der Waals surface area (Å²) in [7, 11) is 1.32. The first-order valence-corrected chi connectivity index (χ1v) is 8.30. The highest BCUT2D eigenvalue weighted by atomic mass is 19.4. The van der Waals surface area contributed by atoms with E-state index >= 15 is 0 Å². The molecule has 1 N–H and O–H groups in total. The first-order chi connectivity index (χ1) is 13.6. The lowest BCUT2D eigenvalue weighted by molar-refractivity contribution is -0.148. The molecule has 2 rings (SSSR count). The number of benzene rings is 2. The highest BCUT2D eigenvalue weighted by Gasteiger charge is 2.30. The predicted octanol–water partition coefficient (Wildman–Crippen LogP) is 4.44. The maximum Gasteiger partial charge on any atom is 0.416 e. The van der Waals surface area contributed by atoms with Crippen LogP contribution in [-0.2, 0) is 20.5 Å². The molecule has 29 heavy (non-hydrogen) atoms. The van der Waals surface area contributed by atoms with Gasteiger partial charge in [-0.15, -0.1) is 0 Å². The van der Waals surface area contributed by atoms with E-state index < -0.39 is 35.5 Å². The molecule has 0 aliphatic carbocycles. The normalized spacial score (nSPS) is 12.5. The molecule has 2 aromatic carbocycles. The van der Waals surface area contributed by atoms with Gasteiger partial charge < -0.3 is 14.8 Å². The third-order valence-electron chi connectivity index (χ3n) is 3.73. The zero-order valence-corrected chi connectivity index (χ0v) is 15.4. The largest absolute Gasteiger partial charge is 0.494 e. The molecule has 0 aromatic heterocycles. The molecule has 0 bridgehead atoms. The van der Waals surface area contributed by atoms with E-state index in [4.69, 9.17) is 9.47 Å². The van der Waals surface area contributed by atoms with Crippen LogP contribution < -0.4 is 10.1 Å². The number of methoxy groups -OCH3 is 1. The molecule has 0 heterocycles. The summed E-state index contributed by atoms with van der Waals surface area (Å²) in [5, 5.41) is 2.35. The molecular weight excluding hydrogens is 394 g/mol. The van der Waals surface area contributed by atoms with Crippen LogP contribution in [0.4, 0.5) is 23.2 Å².